The maximum Gasteiger partial charge on any atom is 0.272 e. The van der Waals surface area contributed by atoms with Gasteiger partial charge in [-0.2, -0.15) is 5.10 Å². The second-order valence-corrected chi connectivity index (χ2v) is 6.29. The minimum Gasteiger partial charge on any atom is -0.340 e. The molecule has 0 unspecified atom stereocenters. The average molecular weight is 309 g/mol. The highest BCUT2D eigenvalue weighted by Crippen LogP contribution is 2.38. The molecule has 2 aromatic heterocycles. The highest BCUT2D eigenvalue weighted by Gasteiger charge is 2.35. The zero-order valence-corrected chi connectivity index (χ0v) is 12.9. The summed E-state index contributed by atoms with van der Waals surface area (Å²) in [6, 6.07) is 12.3. The minimum atomic E-state index is -0.135. The van der Waals surface area contributed by atoms with Gasteiger partial charge in [0, 0.05) is 5.56 Å². The van der Waals surface area contributed by atoms with Crippen LogP contribution in [0.25, 0.3) is 10.6 Å². The van der Waals surface area contributed by atoms with Gasteiger partial charge < -0.3 is 5.32 Å². The van der Waals surface area contributed by atoms with Crippen LogP contribution in [0.2, 0.25) is 0 Å². The number of hydrogen-bond donors (Lipinski definition) is 2. The normalized spacial score (nSPS) is 16.6. The van der Waals surface area contributed by atoms with Crippen molar-refractivity contribution < 1.29 is 4.79 Å². The Balaban J connectivity index is 1.81. The predicted octanol–water partition coefficient (Wildman–Crippen LogP) is 3.53. The Labute approximate surface area is 132 Å². The van der Waals surface area contributed by atoms with Crippen molar-refractivity contribution in [3.63, 3.8) is 0 Å². The number of benzene rings is 1. The van der Waals surface area contributed by atoms with E-state index in [0.717, 1.165) is 28.1 Å². The number of aryl methyl sites for hydroxylation is 1. The van der Waals surface area contributed by atoms with Crippen LogP contribution in [0.1, 0.15) is 40.1 Å². The lowest BCUT2D eigenvalue weighted by Crippen LogP contribution is -2.21. The van der Waals surface area contributed by atoms with Crippen molar-refractivity contribution in [2.24, 2.45) is 0 Å². The average Bonchev–Trinajstić information content (AvgIpc) is 3.25. The second kappa shape index (κ2) is 5.10. The Morgan fingerprint density at radius 1 is 1.23 bits per heavy atom. The molecule has 0 bridgehead atoms. The van der Waals surface area contributed by atoms with Crippen molar-refractivity contribution in [2.45, 2.75) is 19.4 Å². The number of nitrogens with one attached hydrogen (secondary N) is 2. The Bertz CT molecular complexity index is 818. The lowest BCUT2D eigenvalue weighted by Gasteiger charge is -2.13. The highest BCUT2D eigenvalue weighted by molar-refractivity contribution is 7.13. The molecular weight excluding hydrogens is 294 g/mol. The van der Waals surface area contributed by atoms with Gasteiger partial charge in [0.05, 0.1) is 16.6 Å². The number of carbonyl (C=O) groups excluding carboxylic acids is 1. The molecule has 110 valence electrons. The second-order valence-electron chi connectivity index (χ2n) is 5.34. The van der Waals surface area contributed by atoms with Gasteiger partial charge in [0.1, 0.15) is 0 Å². The van der Waals surface area contributed by atoms with E-state index in [1.807, 2.05) is 17.5 Å². The van der Waals surface area contributed by atoms with Crippen LogP contribution in [-0.2, 0) is 6.42 Å². The van der Waals surface area contributed by atoms with Gasteiger partial charge in [0.15, 0.2) is 5.69 Å². The number of H-pyrrole nitrogens is 1. The van der Waals surface area contributed by atoms with Crippen LogP contribution in [0.4, 0.5) is 0 Å². The zero-order chi connectivity index (χ0) is 15.1. The summed E-state index contributed by atoms with van der Waals surface area (Å²) in [5.41, 5.74) is 4.78. The van der Waals surface area contributed by atoms with E-state index in [9.17, 15) is 4.79 Å². The van der Waals surface area contributed by atoms with Crippen molar-refractivity contribution >= 4 is 17.2 Å². The largest absolute Gasteiger partial charge is 0.340 e. The van der Waals surface area contributed by atoms with E-state index in [-0.39, 0.29) is 11.9 Å². The van der Waals surface area contributed by atoms with Gasteiger partial charge in [-0.15, -0.1) is 11.3 Å². The third kappa shape index (κ3) is 1.97. The summed E-state index contributed by atoms with van der Waals surface area (Å²) in [4.78, 5) is 13.3. The molecule has 1 aliphatic heterocycles. The van der Waals surface area contributed by atoms with E-state index >= 15 is 0 Å². The van der Waals surface area contributed by atoms with E-state index in [2.05, 4.69) is 46.7 Å². The molecule has 0 saturated carbocycles. The van der Waals surface area contributed by atoms with Crippen molar-refractivity contribution in [3.05, 3.63) is 64.2 Å². The molecule has 1 aromatic carbocycles. The number of fused-ring (bicyclic) bond motifs is 1. The van der Waals surface area contributed by atoms with Crippen LogP contribution in [0.5, 0.6) is 0 Å². The van der Waals surface area contributed by atoms with Gasteiger partial charge in [0.25, 0.3) is 5.91 Å². The van der Waals surface area contributed by atoms with Gasteiger partial charge in [-0.3, -0.25) is 9.89 Å². The third-order valence-electron chi connectivity index (χ3n) is 4.07. The molecule has 1 amide bonds. The zero-order valence-electron chi connectivity index (χ0n) is 12.1. The fraction of sp³-hybridized carbons (Fsp3) is 0.176. The van der Waals surface area contributed by atoms with Gasteiger partial charge >= 0.3 is 0 Å². The SMILES string of the molecule is CCc1ccc([C@@H]2NC(=O)c3n[nH]c(-c4cccs4)c32)cc1. The molecule has 0 radical (unpaired) electrons. The summed E-state index contributed by atoms with van der Waals surface area (Å²) < 4.78 is 0. The van der Waals surface area contributed by atoms with E-state index in [4.69, 9.17) is 0 Å². The Morgan fingerprint density at radius 3 is 2.73 bits per heavy atom. The number of nitrogens with zero attached hydrogens (tertiary/aromatic N) is 1. The number of carbonyl (C=O) groups is 1. The molecule has 0 fully saturated rings. The molecule has 1 aliphatic rings. The smallest absolute Gasteiger partial charge is 0.272 e. The third-order valence-corrected chi connectivity index (χ3v) is 4.96. The van der Waals surface area contributed by atoms with E-state index in [1.54, 1.807) is 11.3 Å². The lowest BCUT2D eigenvalue weighted by atomic mass is 9.98. The first-order chi connectivity index (χ1) is 10.8. The first-order valence-electron chi connectivity index (χ1n) is 7.29. The van der Waals surface area contributed by atoms with E-state index < -0.39 is 0 Å². The number of hydrogen-bond acceptors (Lipinski definition) is 3. The quantitative estimate of drug-likeness (QED) is 0.777. The Morgan fingerprint density at radius 2 is 2.05 bits per heavy atom. The van der Waals surface area contributed by atoms with Crippen LogP contribution < -0.4 is 5.32 Å². The topological polar surface area (TPSA) is 57.8 Å². The lowest BCUT2D eigenvalue weighted by molar-refractivity contribution is 0.0955. The number of rotatable bonds is 3. The summed E-state index contributed by atoms with van der Waals surface area (Å²) in [5.74, 6) is -0.112. The summed E-state index contributed by atoms with van der Waals surface area (Å²) >= 11 is 1.64. The number of aromatic nitrogens is 2. The van der Waals surface area contributed by atoms with Gasteiger partial charge in [0.2, 0.25) is 0 Å². The van der Waals surface area contributed by atoms with Gasteiger partial charge in [-0.1, -0.05) is 37.3 Å². The Kier molecular flexibility index (Phi) is 3.08. The molecule has 1 atom stereocenters. The summed E-state index contributed by atoms with van der Waals surface area (Å²) in [7, 11) is 0. The Hall–Kier alpha value is -2.40. The fourth-order valence-corrected chi connectivity index (χ4v) is 3.62. The molecule has 4 nitrogen and oxygen atoms in total. The standard InChI is InChI=1S/C17H15N3OS/c1-2-10-5-7-11(8-6-10)14-13-15(12-4-3-9-22-12)19-20-16(13)17(21)18-14/h3-9,14H,2H2,1H3,(H,18,21)(H,19,20)/t14-/m0/s1. The molecule has 22 heavy (non-hydrogen) atoms. The number of amides is 1. The molecule has 0 aliphatic carbocycles. The molecule has 4 rings (SSSR count). The first-order valence-corrected chi connectivity index (χ1v) is 8.17. The van der Waals surface area contributed by atoms with Gasteiger partial charge in [-0.05, 0) is 29.0 Å². The number of thiophene rings is 1. The summed E-state index contributed by atoms with van der Waals surface area (Å²) in [6.07, 6.45) is 1.01. The van der Waals surface area contributed by atoms with Crippen LogP contribution in [0.3, 0.4) is 0 Å². The monoisotopic (exact) mass is 309 g/mol. The maximum atomic E-state index is 12.2. The predicted molar refractivity (Wildman–Crippen MR) is 87.0 cm³/mol. The molecule has 2 N–H and O–H groups in total. The van der Waals surface area contributed by atoms with Crippen molar-refractivity contribution in [3.8, 4) is 10.6 Å². The van der Waals surface area contributed by atoms with Crippen molar-refractivity contribution in [1.82, 2.24) is 15.5 Å². The van der Waals surface area contributed by atoms with E-state index in [1.165, 1.54) is 5.56 Å². The molecule has 5 heteroatoms. The minimum absolute atomic E-state index is 0.112. The maximum absolute atomic E-state index is 12.2. The van der Waals surface area contributed by atoms with Crippen molar-refractivity contribution in [2.75, 3.05) is 0 Å². The van der Waals surface area contributed by atoms with E-state index in [0.29, 0.717) is 5.69 Å². The van der Waals surface area contributed by atoms with Gasteiger partial charge in [-0.25, -0.2) is 0 Å². The van der Waals surface area contributed by atoms with Crippen LogP contribution in [0, 0.1) is 0 Å². The molecule has 3 aromatic rings. The first kappa shape index (κ1) is 13.3. The summed E-state index contributed by atoms with van der Waals surface area (Å²) in [6.45, 7) is 2.13. The fourth-order valence-electron chi connectivity index (χ4n) is 2.88. The summed E-state index contributed by atoms with van der Waals surface area (Å²) in [5, 5.41) is 12.3. The number of aromatic amines is 1. The van der Waals surface area contributed by atoms with Crippen LogP contribution in [0.15, 0.2) is 41.8 Å². The molecule has 0 spiro atoms. The van der Waals surface area contributed by atoms with Crippen LogP contribution >= 0.6 is 11.3 Å². The molecule has 3 heterocycles. The highest BCUT2D eigenvalue weighted by atomic mass is 32.1. The van der Waals surface area contributed by atoms with Crippen LogP contribution in [-0.4, -0.2) is 16.1 Å². The molecular formula is C17H15N3OS. The van der Waals surface area contributed by atoms with Crippen molar-refractivity contribution in [1.29, 1.82) is 0 Å². The molecule has 0 saturated heterocycles.